The van der Waals surface area contributed by atoms with E-state index in [1.807, 2.05) is 18.3 Å². The van der Waals surface area contributed by atoms with Gasteiger partial charge in [0.1, 0.15) is 11.0 Å². The number of pyridine rings is 1. The van der Waals surface area contributed by atoms with E-state index >= 15 is 0 Å². The summed E-state index contributed by atoms with van der Waals surface area (Å²) in [6.45, 7) is 6.24. The summed E-state index contributed by atoms with van der Waals surface area (Å²) in [4.78, 5) is 9.40. The quantitative estimate of drug-likeness (QED) is 0.737. The van der Waals surface area contributed by atoms with Gasteiger partial charge in [-0.1, -0.05) is 18.2 Å². The van der Waals surface area contributed by atoms with Crippen LogP contribution in [0.1, 0.15) is 11.3 Å². The summed E-state index contributed by atoms with van der Waals surface area (Å²) in [6.07, 6.45) is 1.87. The van der Waals surface area contributed by atoms with Crippen molar-refractivity contribution in [2.75, 3.05) is 26.2 Å². The first-order valence-electron chi connectivity index (χ1n) is 7.93. The van der Waals surface area contributed by atoms with Crippen LogP contribution in [0.15, 0.2) is 42.6 Å². The smallest absolute Gasteiger partial charge is 0.109 e. The van der Waals surface area contributed by atoms with Gasteiger partial charge in [0.05, 0.1) is 17.4 Å². The fourth-order valence-corrected chi connectivity index (χ4v) is 3.63. The van der Waals surface area contributed by atoms with Crippen LogP contribution in [-0.2, 0) is 13.1 Å². The number of nitrogens with zero attached hydrogens (tertiary/aromatic N) is 5. The van der Waals surface area contributed by atoms with E-state index in [9.17, 15) is 0 Å². The zero-order valence-electron chi connectivity index (χ0n) is 12.9. The lowest BCUT2D eigenvalue weighted by Gasteiger charge is -2.34. The van der Waals surface area contributed by atoms with E-state index in [2.05, 4.69) is 47.8 Å². The molecule has 0 aliphatic carbocycles. The van der Waals surface area contributed by atoms with Gasteiger partial charge >= 0.3 is 0 Å². The molecule has 0 bridgehead atoms. The van der Waals surface area contributed by atoms with Crippen molar-refractivity contribution in [3.63, 3.8) is 0 Å². The second-order valence-corrected chi connectivity index (χ2v) is 6.45. The molecule has 1 aliphatic rings. The molecule has 3 heterocycles. The van der Waals surface area contributed by atoms with Crippen molar-refractivity contribution in [3.05, 3.63) is 53.9 Å². The number of fused-ring (bicyclic) bond motifs is 1. The molecule has 4 rings (SSSR count). The van der Waals surface area contributed by atoms with E-state index in [0.29, 0.717) is 0 Å². The molecule has 1 saturated heterocycles. The van der Waals surface area contributed by atoms with E-state index in [4.69, 9.17) is 0 Å². The maximum absolute atomic E-state index is 4.44. The summed E-state index contributed by atoms with van der Waals surface area (Å²) in [5.41, 5.74) is 4.52. The molecule has 23 heavy (non-hydrogen) atoms. The Balaban J connectivity index is 1.36. The van der Waals surface area contributed by atoms with Gasteiger partial charge in [-0.2, -0.15) is 8.75 Å². The van der Waals surface area contributed by atoms with Crippen molar-refractivity contribution in [2.45, 2.75) is 13.1 Å². The molecule has 1 aliphatic heterocycles. The molecule has 0 N–H and O–H groups in total. The van der Waals surface area contributed by atoms with E-state index in [-0.39, 0.29) is 0 Å². The number of aromatic nitrogens is 3. The van der Waals surface area contributed by atoms with Crippen molar-refractivity contribution in [3.8, 4) is 0 Å². The van der Waals surface area contributed by atoms with E-state index in [0.717, 1.165) is 56.0 Å². The maximum Gasteiger partial charge on any atom is 0.109 e. The third kappa shape index (κ3) is 3.39. The molecule has 0 atom stereocenters. The fraction of sp³-hybridized carbons (Fsp3) is 0.353. The van der Waals surface area contributed by atoms with Gasteiger partial charge in [0.15, 0.2) is 0 Å². The number of hydrogen-bond donors (Lipinski definition) is 0. The standard InChI is InChI=1S/C17H19N5S/c1-2-7-18-15(5-1)13-22-10-8-21(9-11-22)12-14-4-3-6-16-17(14)20-23-19-16/h1-7H,8-13H2. The predicted octanol–water partition coefficient (Wildman–Crippen LogP) is 2.40. The van der Waals surface area contributed by atoms with E-state index in [1.54, 1.807) is 0 Å². The lowest BCUT2D eigenvalue weighted by atomic mass is 10.1. The second-order valence-electron chi connectivity index (χ2n) is 5.92. The largest absolute Gasteiger partial charge is 0.296 e. The topological polar surface area (TPSA) is 45.2 Å². The molecule has 118 valence electrons. The van der Waals surface area contributed by atoms with Gasteiger partial charge in [-0.3, -0.25) is 14.8 Å². The first-order valence-corrected chi connectivity index (χ1v) is 8.66. The summed E-state index contributed by atoms with van der Waals surface area (Å²) in [5, 5.41) is 0. The van der Waals surface area contributed by atoms with Crippen LogP contribution < -0.4 is 0 Å². The first-order chi connectivity index (χ1) is 11.4. The fourth-order valence-electron chi connectivity index (χ4n) is 3.06. The van der Waals surface area contributed by atoms with Crippen molar-refractivity contribution < 1.29 is 0 Å². The average Bonchev–Trinajstić information content (AvgIpc) is 3.07. The SMILES string of the molecule is c1ccc(CN2CCN(Cc3cccc4nsnc34)CC2)nc1. The highest BCUT2D eigenvalue weighted by molar-refractivity contribution is 7.00. The van der Waals surface area contributed by atoms with Crippen LogP contribution in [0.2, 0.25) is 0 Å². The van der Waals surface area contributed by atoms with Crippen LogP contribution in [-0.4, -0.2) is 49.7 Å². The highest BCUT2D eigenvalue weighted by atomic mass is 32.1. The van der Waals surface area contributed by atoms with E-state index in [1.165, 1.54) is 17.3 Å². The zero-order chi connectivity index (χ0) is 15.5. The molecule has 1 fully saturated rings. The molecule has 0 unspecified atom stereocenters. The molecule has 0 spiro atoms. The maximum atomic E-state index is 4.44. The molecule has 0 saturated carbocycles. The van der Waals surface area contributed by atoms with E-state index < -0.39 is 0 Å². The van der Waals surface area contributed by atoms with Gasteiger partial charge in [0.25, 0.3) is 0 Å². The van der Waals surface area contributed by atoms with Gasteiger partial charge < -0.3 is 0 Å². The molecule has 5 nitrogen and oxygen atoms in total. The average molecular weight is 325 g/mol. The summed E-state index contributed by atoms with van der Waals surface area (Å²) in [5.74, 6) is 0. The normalized spacial score (nSPS) is 16.9. The molecule has 2 aromatic heterocycles. The Morgan fingerprint density at radius 3 is 2.48 bits per heavy atom. The Morgan fingerprint density at radius 2 is 1.70 bits per heavy atom. The van der Waals surface area contributed by atoms with Crippen molar-refractivity contribution in [1.82, 2.24) is 23.5 Å². The summed E-state index contributed by atoms with van der Waals surface area (Å²) in [7, 11) is 0. The lowest BCUT2D eigenvalue weighted by molar-refractivity contribution is 0.121. The lowest BCUT2D eigenvalue weighted by Crippen LogP contribution is -2.45. The second kappa shape index (κ2) is 6.70. The highest BCUT2D eigenvalue weighted by Crippen LogP contribution is 2.19. The van der Waals surface area contributed by atoms with Gasteiger partial charge in [-0.05, 0) is 23.8 Å². The van der Waals surface area contributed by atoms with Crippen molar-refractivity contribution in [1.29, 1.82) is 0 Å². The third-order valence-electron chi connectivity index (χ3n) is 4.34. The molecular formula is C17H19N5S. The Bertz CT molecular complexity index is 765. The molecule has 3 aromatic rings. The Hall–Kier alpha value is -1.89. The van der Waals surface area contributed by atoms with Gasteiger partial charge in [-0.25, -0.2) is 0 Å². The van der Waals surface area contributed by atoms with Crippen molar-refractivity contribution in [2.24, 2.45) is 0 Å². The number of piperazine rings is 1. The monoisotopic (exact) mass is 325 g/mol. The van der Waals surface area contributed by atoms with Crippen LogP contribution in [0.5, 0.6) is 0 Å². The van der Waals surface area contributed by atoms with Gasteiger partial charge in [0, 0.05) is 45.5 Å². The number of hydrogen-bond acceptors (Lipinski definition) is 6. The minimum Gasteiger partial charge on any atom is -0.296 e. The Labute approximate surface area is 139 Å². The zero-order valence-corrected chi connectivity index (χ0v) is 13.7. The first kappa shape index (κ1) is 14.7. The summed E-state index contributed by atoms with van der Waals surface area (Å²) >= 11 is 1.30. The minimum atomic E-state index is 0.945. The minimum absolute atomic E-state index is 0.945. The van der Waals surface area contributed by atoms with Gasteiger partial charge in [0.2, 0.25) is 0 Å². The number of benzene rings is 1. The summed E-state index contributed by atoms with van der Waals surface area (Å²) < 4.78 is 8.77. The van der Waals surface area contributed by atoms with Crippen LogP contribution in [0.3, 0.4) is 0 Å². The van der Waals surface area contributed by atoms with Crippen LogP contribution in [0.25, 0.3) is 11.0 Å². The van der Waals surface area contributed by atoms with Gasteiger partial charge in [-0.15, -0.1) is 0 Å². The Morgan fingerprint density at radius 1 is 0.870 bits per heavy atom. The van der Waals surface area contributed by atoms with Crippen LogP contribution >= 0.6 is 11.7 Å². The molecule has 1 aromatic carbocycles. The summed E-state index contributed by atoms with van der Waals surface area (Å²) in [6, 6.07) is 12.4. The van der Waals surface area contributed by atoms with Crippen LogP contribution in [0, 0.1) is 0 Å². The Kier molecular flexibility index (Phi) is 4.28. The molecule has 6 heteroatoms. The number of rotatable bonds is 4. The third-order valence-corrected chi connectivity index (χ3v) is 4.88. The molecule has 0 radical (unpaired) electrons. The van der Waals surface area contributed by atoms with Crippen molar-refractivity contribution >= 4 is 22.8 Å². The molecular weight excluding hydrogens is 306 g/mol. The predicted molar refractivity (Wildman–Crippen MR) is 92.2 cm³/mol. The highest BCUT2D eigenvalue weighted by Gasteiger charge is 2.18. The van der Waals surface area contributed by atoms with Crippen LogP contribution in [0.4, 0.5) is 0 Å². The molecule has 0 amide bonds.